The molecule has 2 aromatic carbocycles. The summed E-state index contributed by atoms with van der Waals surface area (Å²) in [6.45, 7) is 12.4. The first-order chi connectivity index (χ1) is 18.7. The number of hydrogen-bond acceptors (Lipinski definition) is 4. The third-order valence-electron chi connectivity index (χ3n) is 6.98. The first-order valence-corrected chi connectivity index (χ1v) is 14.2. The van der Waals surface area contributed by atoms with Gasteiger partial charge >= 0.3 is 0 Å². The van der Waals surface area contributed by atoms with Crippen molar-refractivity contribution >= 4 is 40.7 Å². The predicted octanol–water partition coefficient (Wildman–Crippen LogP) is 7.95. The van der Waals surface area contributed by atoms with Crippen LogP contribution in [0.4, 0.5) is 0 Å². The van der Waals surface area contributed by atoms with E-state index in [1.165, 1.54) is 0 Å². The van der Waals surface area contributed by atoms with Crippen LogP contribution >= 0.6 is 34.8 Å². The molecule has 3 rings (SSSR count). The average molecular weight is 593 g/mol. The number of allylic oxidation sites excluding steroid dienone is 1. The van der Waals surface area contributed by atoms with Gasteiger partial charge in [-0.05, 0) is 61.9 Å². The average Bonchev–Trinajstić information content (AvgIpc) is 3.26. The molecule has 0 radical (unpaired) electrons. The summed E-state index contributed by atoms with van der Waals surface area (Å²) in [4.78, 5) is 13.1. The fraction of sp³-hybridized carbons (Fsp3) is 0.400. The van der Waals surface area contributed by atoms with E-state index in [4.69, 9.17) is 44.3 Å². The molecule has 1 amide bonds. The Morgan fingerprint density at radius 3 is 2.33 bits per heavy atom. The molecular weight excluding hydrogens is 557 g/mol. The third kappa shape index (κ3) is 8.09. The number of aromatic nitrogens is 2. The Morgan fingerprint density at radius 2 is 1.69 bits per heavy atom. The zero-order valence-electron chi connectivity index (χ0n) is 22.7. The van der Waals surface area contributed by atoms with Crippen molar-refractivity contribution in [2.45, 2.75) is 40.0 Å². The molecular formula is C30H36Cl3N3O3. The quantitative estimate of drug-likeness (QED) is 0.144. The highest BCUT2D eigenvalue weighted by Gasteiger charge is 2.25. The lowest BCUT2D eigenvalue weighted by atomic mass is 9.80. The van der Waals surface area contributed by atoms with Crippen LogP contribution < -0.4 is 5.32 Å². The van der Waals surface area contributed by atoms with Crippen molar-refractivity contribution in [1.82, 2.24) is 15.1 Å². The Labute approximate surface area is 246 Å². The standard InChI is InChI=1S/C30H36Cl3N3O3/c1-5-14-30(6-2,7-3)20-39-18-17-38-16-15-34-29(37)27-21(4)28(22-8-10-23(31)11-9-22)36(35-27)26-13-12-24(32)19-25(26)33/h5,8-13,19H,1,6-7,14-18,20H2,2-4H3,(H,34,37). The number of halogens is 3. The molecule has 6 nitrogen and oxygen atoms in total. The van der Waals surface area contributed by atoms with E-state index < -0.39 is 0 Å². The molecule has 1 N–H and O–H groups in total. The van der Waals surface area contributed by atoms with E-state index in [0.29, 0.717) is 65.0 Å². The van der Waals surface area contributed by atoms with Crippen LogP contribution in [0.3, 0.4) is 0 Å². The highest BCUT2D eigenvalue weighted by atomic mass is 35.5. The second-order valence-electron chi connectivity index (χ2n) is 9.46. The van der Waals surface area contributed by atoms with Gasteiger partial charge < -0.3 is 14.8 Å². The summed E-state index contributed by atoms with van der Waals surface area (Å²) in [6.07, 6.45) is 4.98. The van der Waals surface area contributed by atoms with Crippen LogP contribution in [0.5, 0.6) is 0 Å². The topological polar surface area (TPSA) is 65.4 Å². The van der Waals surface area contributed by atoms with Crippen LogP contribution in [0.2, 0.25) is 15.1 Å². The number of ether oxygens (including phenoxy) is 2. The van der Waals surface area contributed by atoms with E-state index >= 15 is 0 Å². The Bertz CT molecular complexity index is 1250. The summed E-state index contributed by atoms with van der Waals surface area (Å²) in [5.74, 6) is -0.300. The Morgan fingerprint density at radius 1 is 1.03 bits per heavy atom. The van der Waals surface area contributed by atoms with Crippen LogP contribution in [0.15, 0.2) is 55.1 Å². The monoisotopic (exact) mass is 591 g/mol. The number of nitrogens with zero attached hydrogens (tertiary/aromatic N) is 2. The number of carbonyl (C=O) groups is 1. The van der Waals surface area contributed by atoms with Crippen molar-refractivity contribution in [3.05, 3.63) is 81.4 Å². The van der Waals surface area contributed by atoms with Gasteiger partial charge in [-0.3, -0.25) is 4.79 Å². The van der Waals surface area contributed by atoms with E-state index in [2.05, 4.69) is 30.8 Å². The van der Waals surface area contributed by atoms with E-state index in [1.807, 2.05) is 25.1 Å². The van der Waals surface area contributed by atoms with Gasteiger partial charge in [0, 0.05) is 27.7 Å². The number of benzene rings is 2. The smallest absolute Gasteiger partial charge is 0.272 e. The van der Waals surface area contributed by atoms with E-state index in [9.17, 15) is 4.79 Å². The van der Waals surface area contributed by atoms with Gasteiger partial charge in [0.1, 0.15) is 0 Å². The molecule has 0 saturated carbocycles. The molecule has 0 spiro atoms. The molecule has 0 aliphatic rings. The maximum absolute atomic E-state index is 13.1. The van der Waals surface area contributed by atoms with Gasteiger partial charge in [-0.25, -0.2) is 4.68 Å². The molecule has 0 fully saturated rings. The number of hydrogen-bond donors (Lipinski definition) is 1. The van der Waals surface area contributed by atoms with Gasteiger partial charge in [0.05, 0.1) is 42.8 Å². The molecule has 0 aliphatic heterocycles. The van der Waals surface area contributed by atoms with Crippen molar-refractivity contribution in [3.8, 4) is 16.9 Å². The number of rotatable bonds is 15. The Hall–Kier alpha value is -2.35. The lowest BCUT2D eigenvalue weighted by Crippen LogP contribution is -2.29. The van der Waals surface area contributed by atoms with E-state index in [0.717, 1.165) is 30.5 Å². The molecule has 0 atom stereocenters. The van der Waals surface area contributed by atoms with Crippen LogP contribution in [-0.4, -0.2) is 48.7 Å². The molecule has 9 heteroatoms. The molecule has 1 heterocycles. The number of nitrogens with one attached hydrogen (secondary N) is 1. The molecule has 3 aromatic rings. The Balaban J connectivity index is 1.63. The summed E-state index contributed by atoms with van der Waals surface area (Å²) in [5, 5.41) is 9.08. The van der Waals surface area contributed by atoms with Gasteiger partial charge in [0.25, 0.3) is 5.91 Å². The number of amides is 1. The zero-order chi connectivity index (χ0) is 28.4. The van der Waals surface area contributed by atoms with Gasteiger partial charge in [-0.1, -0.05) is 66.9 Å². The van der Waals surface area contributed by atoms with Gasteiger partial charge in [-0.2, -0.15) is 5.10 Å². The van der Waals surface area contributed by atoms with Crippen molar-refractivity contribution in [2.75, 3.05) is 33.0 Å². The predicted molar refractivity (Wildman–Crippen MR) is 161 cm³/mol. The summed E-state index contributed by atoms with van der Waals surface area (Å²) in [6, 6.07) is 12.5. The maximum Gasteiger partial charge on any atom is 0.272 e. The van der Waals surface area contributed by atoms with Crippen molar-refractivity contribution in [1.29, 1.82) is 0 Å². The first kappa shape index (κ1) is 31.2. The normalized spacial score (nSPS) is 11.5. The lowest BCUT2D eigenvalue weighted by molar-refractivity contribution is 0.00261. The molecule has 0 aliphatic carbocycles. The largest absolute Gasteiger partial charge is 0.378 e. The molecule has 0 bridgehead atoms. The second-order valence-corrected chi connectivity index (χ2v) is 10.7. The third-order valence-corrected chi connectivity index (χ3v) is 7.77. The van der Waals surface area contributed by atoms with E-state index in [1.54, 1.807) is 35.0 Å². The van der Waals surface area contributed by atoms with Crippen LogP contribution in [0.1, 0.15) is 49.2 Å². The molecule has 39 heavy (non-hydrogen) atoms. The molecule has 0 saturated heterocycles. The van der Waals surface area contributed by atoms with Crippen LogP contribution in [0, 0.1) is 12.3 Å². The summed E-state index contributed by atoms with van der Waals surface area (Å²) in [7, 11) is 0. The van der Waals surface area contributed by atoms with Gasteiger partial charge in [0.15, 0.2) is 5.69 Å². The van der Waals surface area contributed by atoms with Crippen molar-refractivity contribution in [2.24, 2.45) is 5.41 Å². The highest BCUT2D eigenvalue weighted by Crippen LogP contribution is 2.33. The minimum absolute atomic E-state index is 0.137. The zero-order valence-corrected chi connectivity index (χ0v) is 25.0. The summed E-state index contributed by atoms with van der Waals surface area (Å²) in [5.41, 5.74) is 3.34. The van der Waals surface area contributed by atoms with Crippen LogP contribution in [0.25, 0.3) is 16.9 Å². The van der Waals surface area contributed by atoms with Crippen LogP contribution in [-0.2, 0) is 9.47 Å². The fourth-order valence-corrected chi connectivity index (χ4v) is 5.04. The molecule has 0 unspecified atom stereocenters. The minimum Gasteiger partial charge on any atom is -0.378 e. The molecule has 210 valence electrons. The lowest BCUT2D eigenvalue weighted by Gasteiger charge is -2.30. The highest BCUT2D eigenvalue weighted by molar-refractivity contribution is 6.35. The summed E-state index contributed by atoms with van der Waals surface area (Å²) >= 11 is 18.7. The maximum atomic E-state index is 13.1. The minimum atomic E-state index is -0.300. The SMILES string of the molecule is C=CCC(CC)(CC)COCCOCCNC(=O)c1nn(-c2ccc(Cl)cc2Cl)c(-c2ccc(Cl)cc2)c1C. The second kappa shape index (κ2) is 14.9. The van der Waals surface area contributed by atoms with Crippen molar-refractivity contribution < 1.29 is 14.3 Å². The Kier molecular flexibility index (Phi) is 11.9. The first-order valence-electron chi connectivity index (χ1n) is 13.1. The summed E-state index contributed by atoms with van der Waals surface area (Å²) < 4.78 is 13.2. The van der Waals surface area contributed by atoms with Crippen molar-refractivity contribution in [3.63, 3.8) is 0 Å². The molecule has 1 aromatic heterocycles. The van der Waals surface area contributed by atoms with Gasteiger partial charge in [-0.15, -0.1) is 6.58 Å². The fourth-order valence-electron chi connectivity index (χ4n) is 4.42. The van der Waals surface area contributed by atoms with E-state index in [-0.39, 0.29) is 11.3 Å². The van der Waals surface area contributed by atoms with Gasteiger partial charge in [0.2, 0.25) is 0 Å². The number of carbonyl (C=O) groups excluding carboxylic acids is 1.